The molecule has 1 heteroatoms. The molecule has 1 atom stereocenters. The van der Waals surface area contributed by atoms with E-state index >= 15 is 0 Å². The van der Waals surface area contributed by atoms with Crippen molar-refractivity contribution in [2.45, 2.75) is 32.7 Å². The van der Waals surface area contributed by atoms with E-state index in [4.69, 9.17) is 5.73 Å². The highest BCUT2D eigenvalue weighted by Gasteiger charge is 1.94. The second-order valence-corrected chi connectivity index (χ2v) is 3.48. The summed E-state index contributed by atoms with van der Waals surface area (Å²) in [7, 11) is 0. The quantitative estimate of drug-likeness (QED) is 0.707. The largest absolute Gasteiger partial charge is 0.318 e. The average Bonchev–Trinajstić information content (AvgIpc) is 2.17. The van der Waals surface area contributed by atoms with Crippen molar-refractivity contribution in [1.29, 1.82) is 0 Å². The average molecular weight is 187 g/mol. The third-order valence-corrected chi connectivity index (χ3v) is 2.14. The molecular formula is C13H17N. The summed E-state index contributed by atoms with van der Waals surface area (Å²) in [5.74, 6) is 6.19. The number of hydrogen-bond donors (Lipinski definition) is 1. The van der Waals surface area contributed by atoms with Crippen LogP contribution in [0.5, 0.6) is 0 Å². The van der Waals surface area contributed by atoms with Gasteiger partial charge in [-0.15, -0.1) is 0 Å². The Morgan fingerprint density at radius 1 is 1.36 bits per heavy atom. The van der Waals surface area contributed by atoms with Crippen molar-refractivity contribution in [2.24, 2.45) is 5.73 Å². The molecule has 0 radical (unpaired) electrons. The molecule has 1 nitrogen and oxygen atoms in total. The van der Waals surface area contributed by atoms with Crippen molar-refractivity contribution in [1.82, 2.24) is 0 Å². The third kappa shape index (κ3) is 3.24. The number of hydrogen-bond acceptors (Lipinski definition) is 1. The first-order valence-electron chi connectivity index (χ1n) is 5.06. The van der Waals surface area contributed by atoms with E-state index in [1.165, 1.54) is 5.56 Å². The Morgan fingerprint density at radius 3 is 2.71 bits per heavy atom. The standard InChI is InChI=1S/C13H17N/c1-3-6-13(14)10-9-12-8-5-4-7-11(12)2/h4-5,7-8,13H,3,6,14H2,1-2H3. The lowest BCUT2D eigenvalue weighted by Crippen LogP contribution is -2.16. The molecule has 2 N–H and O–H groups in total. The minimum Gasteiger partial charge on any atom is -0.318 e. The van der Waals surface area contributed by atoms with Gasteiger partial charge in [-0.2, -0.15) is 0 Å². The number of nitrogens with two attached hydrogens (primary N) is 1. The van der Waals surface area contributed by atoms with Crippen molar-refractivity contribution in [3.05, 3.63) is 35.4 Å². The van der Waals surface area contributed by atoms with Gasteiger partial charge in [-0.05, 0) is 25.0 Å². The summed E-state index contributed by atoms with van der Waals surface area (Å²) < 4.78 is 0. The summed E-state index contributed by atoms with van der Waals surface area (Å²) in [5, 5.41) is 0. The lowest BCUT2D eigenvalue weighted by molar-refractivity contribution is 0.720. The van der Waals surface area contributed by atoms with Gasteiger partial charge in [-0.1, -0.05) is 43.4 Å². The molecule has 1 rings (SSSR count). The maximum absolute atomic E-state index is 5.81. The lowest BCUT2D eigenvalue weighted by Gasteiger charge is -2.00. The zero-order valence-corrected chi connectivity index (χ0v) is 8.88. The van der Waals surface area contributed by atoms with Gasteiger partial charge in [0.15, 0.2) is 0 Å². The normalized spacial score (nSPS) is 11.6. The molecule has 0 heterocycles. The molecule has 0 bridgehead atoms. The molecule has 0 amide bonds. The van der Waals surface area contributed by atoms with Crippen LogP contribution in [0.15, 0.2) is 24.3 Å². The highest BCUT2D eigenvalue weighted by Crippen LogP contribution is 2.04. The van der Waals surface area contributed by atoms with E-state index < -0.39 is 0 Å². The van der Waals surface area contributed by atoms with Gasteiger partial charge in [0.25, 0.3) is 0 Å². The van der Waals surface area contributed by atoms with Gasteiger partial charge in [0.2, 0.25) is 0 Å². The topological polar surface area (TPSA) is 26.0 Å². The Kier molecular flexibility index (Phi) is 4.22. The van der Waals surface area contributed by atoms with E-state index in [1.807, 2.05) is 18.2 Å². The van der Waals surface area contributed by atoms with Gasteiger partial charge in [-0.3, -0.25) is 0 Å². The molecule has 0 spiro atoms. The maximum atomic E-state index is 5.81. The Morgan fingerprint density at radius 2 is 2.07 bits per heavy atom. The van der Waals surface area contributed by atoms with E-state index in [0.717, 1.165) is 18.4 Å². The van der Waals surface area contributed by atoms with Gasteiger partial charge in [0, 0.05) is 5.56 Å². The molecule has 0 aliphatic heterocycles. The van der Waals surface area contributed by atoms with Gasteiger partial charge in [0.05, 0.1) is 6.04 Å². The smallest absolute Gasteiger partial charge is 0.0668 e. The molecule has 0 fully saturated rings. The van der Waals surface area contributed by atoms with Crippen LogP contribution in [0.25, 0.3) is 0 Å². The van der Waals surface area contributed by atoms with Gasteiger partial charge < -0.3 is 5.73 Å². The molecular weight excluding hydrogens is 170 g/mol. The maximum Gasteiger partial charge on any atom is 0.0668 e. The summed E-state index contributed by atoms with van der Waals surface area (Å²) in [6.45, 7) is 4.19. The van der Waals surface area contributed by atoms with Crippen molar-refractivity contribution >= 4 is 0 Å². The van der Waals surface area contributed by atoms with Crippen molar-refractivity contribution in [3.63, 3.8) is 0 Å². The molecule has 1 unspecified atom stereocenters. The fourth-order valence-electron chi connectivity index (χ4n) is 1.27. The molecule has 1 aromatic carbocycles. The van der Waals surface area contributed by atoms with Gasteiger partial charge in [0.1, 0.15) is 0 Å². The Labute approximate surface area is 86.3 Å². The highest BCUT2D eigenvalue weighted by atomic mass is 14.6. The molecule has 14 heavy (non-hydrogen) atoms. The first-order valence-corrected chi connectivity index (χ1v) is 5.06. The molecule has 74 valence electrons. The number of aryl methyl sites for hydroxylation is 1. The van der Waals surface area contributed by atoms with Crippen molar-refractivity contribution < 1.29 is 0 Å². The fraction of sp³-hybridized carbons (Fsp3) is 0.385. The second-order valence-electron chi connectivity index (χ2n) is 3.48. The Balaban J connectivity index is 2.72. The lowest BCUT2D eigenvalue weighted by atomic mass is 10.1. The van der Waals surface area contributed by atoms with Crippen LogP contribution >= 0.6 is 0 Å². The summed E-state index contributed by atoms with van der Waals surface area (Å²) >= 11 is 0. The van der Waals surface area contributed by atoms with Crippen LogP contribution in [0.2, 0.25) is 0 Å². The zero-order chi connectivity index (χ0) is 10.4. The number of rotatable bonds is 2. The summed E-state index contributed by atoms with van der Waals surface area (Å²) in [4.78, 5) is 0. The van der Waals surface area contributed by atoms with Gasteiger partial charge >= 0.3 is 0 Å². The second kappa shape index (κ2) is 5.47. The summed E-state index contributed by atoms with van der Waals surface area (Å²) in [6.07, 6.45) is 2.06. The van der Waals surface area contributed by atoms with Crippen LogP contribution in [-0.4, -0.2) is 6.04 Å². The summed E-state index contributed by atoms with van der Waals surface area (Å²) in [5.41, 5.74) is 8.10. The first kappa shape index (κ1) is 10.8. The van der Waals surface area contributed by atoms with Crippen LogP contribution in [0.1, 0.15) is 30.9 Å². The molecule has 0 saturated heterocycles. The molecule has 1 aromatic rings. The van der Waals surface area contributed by atoms with Crippen molar-refractivity contribution in [3.8, 4) is 11.8 Å². The van der Waals surface area contributed by atoms with Crippen LogP contribution < -0.4 is 5.73 Å². The molecule has 0 aliphatic rings. The minimum atomic E-state index is 0.0135. The van der Waals surface area contributed by atoms with Crippen LogP contribution in [0.4, 0.5) is 0 Å². The molecule has 0 aliphatic carbocycles. The predicted octanol–water partition coefficient (Wildman–Crippen LogP) is 2.47. The van der Waals surface area contributed by atoms with Crippen LogP contribution in [-0.2, 0) is 0 Å². The fourth-order valence-corrected chi connectivity index (χ4v) is 1.27. The van der Waals surface area contributed by atoms with E-state index in [0.29, 0.717) is 0 Å². The number of benzene rings is 1. The van der Waals surface area contributed by atoms with E-state index in [1.54, 1.807) is 0 Å². The van der Waals surface area contributed by atoms with E-state index in [2.05, 4.69) is 31.8 Å². The van der Waals surface area contributed by atoms with E-state index in [9.17, 15) is 0 Å². The Hall–Kier alpha value is -1.26. The SMILES string of the molecule is CCCC(N)C#Cc1ccccc1C. The highest BCUT2D eigenvalue weighted by molar-refractivity contribution is 5.41. The van der Waals surface area contributed by atoms with Crippen LogP contribution in [0, 0.1) is 18.8 Å². The van der Waals surface area contributed by atoms with Crippen LogP contribution in [0.3, 0.4) is 0 Å². The summed E-state index contributed by atoms with van der Waals surface area (Å²) in [6, 6.07) is 8.13. The predicted molar refractivity (Wildman–Crippen MR) is 60.9 cm³/mol. The zero-order valence-electron chi connectivity index (χ0n) is 8.88. The first-order chi connectivity index (χ1) is 6.74. The minimum absolute atomic E-state index is 0.0135. The van der Waals surface area contributed by atoms with E-state index in [-0.39, 0.29) is 6.04 Å². The van der Waals surface area contributed by atoms with Crippen molar-refractivity contribution in [2.75, 3.05) is 0 Å². The molecule has 0 saturated carbocycles. The monoisotopic (exact) mass is 187 g/mol. The molecule has 0 aromatic heterocycles. The Bertz CT molecular complexity index is 344. The van der Waals surface area contributed by atoms with Gasteiger partial charge in [-0.25, -0.2) is 0 Å². The third-order valence-electron chi connectivity index (χ3n) is 2.14.